The zero-order valence-corrected chi connectivity index (χ0v) is 18.7. The normalized spacial score (nSPS) is 14.5. The zero-order valence-electron chi connectivity index (χ0n) is 17.0. The number of oxime groups is 2. The maximum absolute atomic E-state index is 5.85. The van der Waals surface area contributed by atoms with Crippen LogP contribution in [0, 0.1) is 0 Å². The van der Waals surface area contributed by atoms with Crippen LogP contribution >= 0.6 is 24.8 Å². The van der Waals surface area contributed by atoms with Crippen LogP contribution in [-0.4, -0.2) is 52.1 Å². The first-order valence-electron chi connectivity index (χ1n) is 9.06. The van der Waals surface area contributed by atoms with Gasteiger partial charge in [-0.05, 0) is 48.5 Å². The van der Waals surface area contributed by atoms with E-state index in [1.807, 2.05) is 24.3 Å². The van der Waals surface area contributed by atoms with E-state index in [9.17, 15) is 0 Å². The molecule has 0 radical (unpaired) electrons. The second kappa shape index (κ2) is 12.0. The number of hydrogen-bond donors (Lipinski definition) is 2. The van der Waals surface area contributed by atoms with Crippen LogP contribution in [0.3, 0.4) is 0 Å². The molecule has 8 nitrogen and oxygen atoms in total. The van der Waals surface area contributed by atoms with Gasteiger partial charge in [-0.2, -0.15) is 0 Å². The van der Waals surface area contributed by atoms with E-state index in [1.165, 1.54) is 25.6 Å². The van der Waals surface area contributed by atoms with Crippen LogP contribution in [-0.2, 0) is 9.68 Å². The van der Waals surface area contributed by atoms with Crippen molar-refractivity contribution in [2.45, 2.75) is 0 Å². The van der Waals surface area contributed by atoms with Crippen LogP contribution in [0.15, 0.2) is 58.8 Å². The molecule has 1 aliphatic rings. The summed E-state index contributed by atoms with van der Waals surface area (Å²) in [6, 6.07) is 16.1. The van der Waals surface area contributed by atoms with E-state index in [0.29, 0.717) is 11.7 Å². The Labute approximate surface area is 189 Å². The van der Waals surface area contributed by atoms with Gasteiger partial charge in [-0.1, -0.05) is 10.3 Å². The van der Waals surface area contributed by atoms with E-state index >= 15 is 0 Å². The van der Waals surface area contributed by atoms with E-state index < -0.39 is 0 Å². The summed E-state index contributed by atoms with van der Waals surface area (Å²) >= 11 is 0. The fraction of sp³-hybridized carbons (Fsp3) is 0.300. The molecule has 3 rings (SSSR count). The molecule has 30 heavy (non-hydrogen) atoms. The molecule has 2 aromatic rings. The van der Waals surface area contributed by atoms with Gasteiger partial charge in [-0.3, -0.25) is 0 Å². The number of hydrogen-bond acceptors (Lipinski definition) is 6. The molecular weight excluding hydrogens is 427 g/mol. The van der Waals surface area contributed by atoms with Gasteiger partial charge in [0.1, 0.15) is 14.2 Å². The van der Waals surface area contributed by atoms with Crippen molar-refractivity contribution in [1.82, 2.24) is 0 Å². The van der Waals surface area contributed by atoms with Gasteiger partial charge in [0.25, 0.3) is 0 Å². The lowest BCUT2D eigenvalue weighted by molar-refractivity contribution is 0.213. The second-order valence-electron chi connectivity index (χ2n) is 6.39. The van der Waals surface area contributed by atoms with Crippen LogP contribution in [0.1, 0.15) is 11.1 Å². The highest BCUT2D eigenvalue weighted by Crippen LogP contribution is 2.21. The van der Waals surface area contributed by atoms with Crippen molar-refractivity contribution in [3.8, 4) is 0 Å². The Kier molecular flexibility index (Phi) is 10.1. The lowest BCUT2D eigenvalue weighted by atomic mass is 10.1. The number of anilines is 2. The number of halogens is 2. The topological polar surface area (TPSA) is 102 Å². The Bertz CT molecular complexity index is 764. The van der Waals surface area contributed by atoms with Crippen molar-refractivity contribution >= 4 is 47.9 Å². The summed E-state index contributed by atoms with van der Waals surface area (Å²) in [5, 5.41) is 7.52. The predicted molar refractivity (Wildman–Crippen MR) is 127 cm³/mol. The maximum Gasteiger partial charge on any atom is 0.170 e. The molecule has 0 saturated carbocycles. The fourth-order valence-electron chi connectivity index (χ4n) is 3.21. The van der Waals surface area contributed by atoms with E-state index in [2.05, 4.69) is 44.4 Å². The standard InChI is InChI=1S/C20H26N6O2.2ClH/c1-27-23-19(21)15-3-7-17(8-4-15)25-11-13-26(14-12-25)18-9-5-16(6-10-18)20(22)24-28-2;;/h3-10H,11-14H2,1-2H3,(H2,21,23)(H2,22,24);2*1H. The van der Waals surface area contributed by atoms with Gasteiger partial charge in [0.15, 0.2) is 11.7 Å². The van der Waals surface area contributed by atoms with Crippen LogP contribution in [0.25, 0.3) is 0 Å². The van der Waals surface area contributed by atoms with E-state index in [4.69, 9.17) is 21.1 Å². The summed E-state index contributed by atoms with van der Waals surface area (Å²) in [4.78, 5) is 14.2. The van der Waals surface area contributed by atoms with Gasteiger partial charge in [0.05, 0.1) is 0 Å². The monoisotopic (exact) mass is 454 g/mol. The lowest BCUT2D eigenvalue weighted by Crippen LogP contribution is -2.46. The minimum atomic E-state index is 0. The Balaban J connectivity index is 0.00000225. The summed E-state index contributed by atoms with van der Waals surface area (Å²) in [5.74, 6) is 0.747. The van der Waals surface area contributed by atoms with Gasteiger partial charge in [0, 0.05) is 48.7 Å². The number of benzene rings is 2. The minimum absolute atomic E-state index is 0. The highest BCUT2D eigenvalue weighted by atomic mass is 35.5. The van der Waals surface area contributed by atoms with Crippen LogP contribution in [0.2, 0.25) is 0 Å². The SMILES string of the molecule is CO/N=C(/N)c1ccc(N2CCN(c3ccc(/C(N)=N\OC)cc3)CC2)cc1.Cl.Cl. The molecule has 1 fully saturated rings. The van der Waals surface area contributed by atoms with E-state index in [-0.39, 0.29) is 24.8 Å². The summed E-state index contributed by atoms with van der Waals surface area (Å²) < 4.78 is 0. The Morgan fingerprint density at radius 3 is 1.23 bits per heavy atom. The first-order valence-corrected chi connectivity index (χ1v) is 9.06. The Morgan fingerprint density at radius 1 is 0.667 bits per heavy atom. The molecule has 2 aromatic carbocycles. The Morgan fingerprint density at radius 2 is 0.967 bits per heavy atom. The number of nitrogens with two attached hydrogens (primary N) is 2. The molecule has 1 aliphatic heterocycles. The van der Waals surface area contributed by atoms with Crippen molar-refractivity contribution in [2.24, 2.45) is 21.8 Å². The van der Waals surface area contributed by atoms with Crippen LogP contribution < -0.4 is 21.3 Å². The largest absolute Gasteiger partial charge is 0.397 e. The molecule has 1 heterocycles. The third-order valence-electron chi connectivity index (χ3n) is 4.72. The molecule has 0 spiro atoms. The average Bonchev–Trinajstić information content (AvgIpc) is 2.74. The van der Waals surface area contributed by atoms with Gasteiger partial charge in [0.2, 0.25) is 0 Å². The summed E-state index contributed by atoms with van der Waals surface area (Å²) in [7, 11) is 2.97. The van der Waals surface area contributed by atoms with Gasteiger partial charge >= 0.3 is 0 Å². The minimum Gasteiger partial charge on any atom is -0.397 e. The number of rotatable bonds is 6. The molecule has 0 unspecified atom stereocenters. The number of piperazine rings is 1. The van der Waals surface area contributed by atoms with Crippen molar-refractivity contribution in [2.75, 3.05) is 50.2 Å². The molecule has 10 heteroatoms. The maximum atomic E-state index is 5.85. The smallest absolute Gasteiger partial charge is 0.170 e. The van der Waals surface area contributed by atoms with Crippen molar-refractivity contribution < 1.29 is 9.68 Å². The second-order valence-corrected chi connectivity index (χ2v) is 6.39. The summed E-state index contributed by atoms with van der Waals surface area (Å²) in [6.45, 7) is 3.76. The molecule has 0 aromatic heterocycles. The zero-order chi connectivity index (χ0) is 19.9. The molecule has 0 amide bonds. The van der Waals surface area contributed by atoms with Crippen LogP contribution in [0.5, 0.6) is 0 Å². The first kappa shape index (κ1) is 25.2. The van der Waals surface area contributed by atoms with Crippen molar-refractivity contribution in [3.05, 3.63) is 59.7 Å². The van der Waals surface area contributed by atoms with Gasteiger partial charge < -0.3 is 30.9 Å². The summed E-state index contributed by atoms with van der Waals surface area (Å²) in [5.41, 5.74) is 15.7. The fourth-order valence-corrected chi connectivity index (χ4v) is 3.21. The Hall–Kier alpha value is -2.84. The lowest BCUT2D eigenvalue weighted by Gasteiger charge is -2.37. The average molecular weight is 455 g/mol. The number of nitrogens with zero attached hydrogens (tertiary/aromatic N) is 4. The van der Waals surface area contributed by atoms with Gasteiger partial charge in [-0.15, -0.1) is 24.8 Å². The molecule has 4 N–H and O–H groups in total. The van der Waals surface area contributed by atoms with Gasteiger partial charge in [-0.25, -0.2) is 0 Å². The van der Waals surface area contributed by atoms with Crippen molar-refractivity contribution in [3.63, 3.8) is 0 Å². The molecule has 0 atom stereocenters. The highest BCUT2D eigenvalue weighted by molar-refractivity contribution is 5.97. The molecule has 0 aliphatic carbocycles. The predicted octanol–water partition coefficient (Wildman–Crippen LogP) is 2.39. The first-order chi connectivity index (χ1) is 13.6. The highest BCUT2D eigenvalue weighted by Gasteiger charge is 2.18. The number of amidine groups is 2. The molecule has 164 valence electrons. The van der Waals surface area contributed by atoms with E-state index in [0.717, 1.165) is 37.3 Å². The third kappa shape index (κ3) is 6.08. The molecule has 0 bridgehead atoms. The summed E-state index contributed by atoms with van der Waals surface area (Å²) in [6.07, 6.45) is 0. The van der Waals surface area contributed by atoms with E-state index in [1.54, 1.807) is 0 Å². The van der Waals surface area contributed by atoms with Crippen LogP contribution in [0.4, 0.5) is 11.4 Å². The molecule has 1 saturated heterocycles. The quantitative estimate of drug-likeness (QED) is 0.394. The van der Waals surface area contributed by atoms with Crippen molar-refractivity contribution in [1.29, 1.82) is 0 Å². The molecular formula is C20H28Cl2N6O2. The third-order valence-corrected chi connectivity index (χ3v) is 4.72.